The number of hydrogen-bond acceptors (Lipinski definition) is 1. The molecule has 0 N–H and O–H groups in total. The lowest BCUT2D eigenvalue weighted by Crippen LogP contribution is -2.09. The first-order chi connectivity index (χ1) is 6.36. The second kappa shape index (κ2) is 4.50. The molecule has 13 heavy (non-hydrogen) atoms. The SMILES string of the molecule is CC.C[N+]1=COc2ccccc2[N-]1. The Morgan fingerprint density at radius 1 is 1.23 bits per heavy atom. The van der Waals surface area contributed by atoms with Crippen molar-refractivity contribution < 1.29 is 9.42 Å². The Hall–Kier alpha value is -1.51. The molecule has 1 aromatic carbocycles. The molecule has 0 saturated heterocycles. The van der Waals surface area contributed by atoms with Crippen LogP contribution in [0.3, 0.4) is 0 Å². The van der Waals surface area contributed by atoms with E-state index in [1.165, 1.54) is 0 Å². The average molecular weight is 178 g/mol. The average Bonchev–Trinajstić information content (AvgIpc) is 2.21. The van der Waals surface area contributed by atoms with E-state index >= 15 is 0 Å². The summed E-state index contributed by atoms with van der Waals surface area (Å²) in [6.45, 7) is 4.00. The van der Waals surface area contributed by atoms with Crippen LogP contribution >= 0.6 is 0 Å². The minimum absolute atomic E-state index is 0.811. The zero-order valence-electron chi connectivity index (χ0n) is 8.19. The Labute approximate surface area is 78.6 Å². The van der Waals surface area contributed by atoms with E-state index in [2.05, 4.69) is 5.43 Å². The highest BCUT2D eigenvalue weighted by Crippen LogP contribution is 2.31. The maximum Gasteiger partial charge on any atom is 0.324 e. The Kier molecular flexibility index (Phi) is 3.31. The molecule has 1 aliphatic rings. The van der Waals surface area contributed by atoms with Crippen LogP contribution in [0.2, 0.25) is 0 Å². The molecule has 3 nitrogen and oxygen atoms in total. The molecule has 0 saturated carbocycles. The summed E-state index contributed by atoms with van der Waals surface area (Å²) in [5.74, 6) is 0.811. The lowest BCUT2D eigenvalue weighted by molar-refractivity contribution is -0.442. The Bertz CT molecular complexity index is 308. The fourth-order valence-electron chi connectivity index (χ4n) is 0.966. The lowest BCUT2D eigenvalue weighted by Gasteiger charge is -2.21. The van der Waals surface area contributed by atoms with Crippen LogP contribution in [0.4, 0.5) is 5.69 Å². The molecule has 2 rings (SSSR count). The number of benzene rings is 1. The predicted octanol–water partition coefficient (Wildman–Crippen LogP) is 2.70. The van der Waals surface area contributed by atoms with E-state index in [1.54, 1.807) is 11.1 Å². The Morgan fingerprint density at radius 2 is 1.92 bits per heavy atom. The van der Waals surface area contributed by atoms with Crippen molar-refractivity contribution in [2.45, 2.75) is 13.8 Å². The Morgan fingerprint density at radius 3 is 2.69 bits per heavy atom. The highest BCUT2D eigenvalue weighted by atomic mass is 16.5. The molecule has 0 aromatic heterocycles. The largest absolute Gasteiger partial charge is 0.412 e. The first kappa shape index (κ1) is 9.58. The lowest BCUT2D eigenvalue weighted by atomic mass is 10.3. The smallest absolute Gasteiger partial charge is 0.324 e. The fourth-order valence-corrected chi connectivity index (χ4v) is 0.966. The van der Waals surface area contributed by atoms with E-state index in [9.17, 15) is 0 Å². The van der Waals surface area contributed by atoms with Gasteiger partial charge < -0.3 is 10.2 Å². The molecule has 1 aliphatic heterocycles. The number of nitrogens with zero attached hydrogens (tertiary/aromatic N) is 2. The van der Waals surface area contributed by atoms with Crippen LogP contribution in [0, 0.1) is 0 Å². The monoisotopic (exact) mass is 178 g/mol. The molecule has 0 aliphatic carbocycles. The van der Waals surface area contributed by atoms with E-state index in [1.807, 2.05) is 45.2 Å². The van der Waals surface area contributed by atoms with Crippen LogP contribution in [0.25, 0.3) is 5.43 Å². The summed E-state index contributed by atoms with van der Waals surface area (Å²) in [4.78, 5) is 0. The van der Waals surface area contributed by atoms with Gasteiger partial charge in [0.2, 0.25) is 0 Å². The van der Waals surface area contributed by atoms with Crippen molar-refractivity contribution in [1.29, 1.82) is 0 Å². The number of ether oxygens (including phenoxy) is 1. The predicted molar refractivity (Wildman–Crippen MR) is 53.7 cm³/mol. The molecule has 0 unspecified atom stereocenters. The topological polar surface area (TPSA) is 26.3 Å². The van der Waals surface area contributed by atoms with Crippen LogP contribution in [0.5, 0.6) is 5.75 Å². The first-order valence-electron chi connectivity index (χ1n) is 4.40. The molecule has 0 bridgehead atoms. The van der Waals surface area contributed by atoms with Crippen LogP contribution in [0.1, 0.15) is 13.8 Å². The molecular weight excluding hydrogens is 164 g/mol. The van der Waals surface area contributed by atoms with Gasteiger partial charge in [0.15, 0.2) is 0 Å². The van der Waals surface area contributed by atoms with Crippen LogP contribution in [-0.2, 0) is 0 Å². The zero-order chi connectivity index (χ0) is 9.68. The van der Waals surface area contributed by atoms with E-state index in [-0.39, 0.29) is 0 Å². The molecule has 1 heterocycles. The highest BCUT2D eigenvalue weighted by molar-refractivity contribution is 5.65. The van der Waals surface area contributed by atoms with E-state index in [4.69, 9.17) is 4.74 Å². The first-order valence-corrected chi connectivity index (χ1v) is 4.40. The fraction of sp³-hybridized carbons (Fsp3) is 0.300. The van der Waals surface area contributed by atoms with Gasteiger partial charge in [-0.15, -0.1) is 0 Å². The van der Waals surface area contributed by atoms with Crippen LogP contribution in [-0.4, -0.2) is 18.1 Å². The van der Waals surface area contributed by atoms with Crippen molar-refractivity contribution in [3.8, 4) is 5.75 Å². The maximum absolute atomic E-state index is 5.24. The molecule has 0 spiro atoms. The van der Waals surface area contributed by atoms with Gasteiger partial charge in [-0.2, -0.15) is 0 Å². The summed E-state index contributed by atoms with van der Waals surface area (Å²) in [7, 11) is 1.83. The van der Waals surface area contributed by atoms with Gasteiger partial charge in [-0.3, -0.25) is 0 Å². The van der Waals surface area contributed by atoms with Gasteiger partial charge >= 0.3 is 6.40 Å². The maximum atomic E-state index is 5.24. The summed E-state index contributed by atoms with van der Waals surface area (Å²) in [6.07, 6.45) is 1.57. The minimum Gasteiger partial charge on any atom is -0.412 e. The highest BCUT2D eigenvalue weighted by Gasteiger charge is 2.01. The van der Waals surface area contributed by atoms with Crippen molar-refractivity contribution in [1.82, 2.24) is 0 Å². The van der Waals surface area contributed by atoms with Gasteiger partial charge in [-0.25, -0.2) is 4.68 Å². The standard InChI is InChI=1S/C8H8N2O.C2H6/c1-10-6-11-8-5-3-2-4-7(8)9-10;1-2/h2-6H,1H3;1-2H3. The molecule has 0 fully saturated rings. The third kappa shape index (κ3) is 2.21. The summed E-state index contributed by atoms with van der Waals surface area (Å²) >= 11 is 0. The molecule has 0 amide bonds. The van der Waals surface area contributed by atoms with Gasteiger partial charge in [0.25, 0.3) is 0 Å². The van der Waals surface area contributed by atoms with E-state index in [0.717, 1.165) is 11.4 Å². The molecule has 0 radical (unpaired) electrons. The van der Waals surface area contributed by atoms with Crippen LogP contribution < -0.4 is 4.74 Å². The van der Waals surface area contributed by atoms with E-state index < -0.39 is 0 Å². The molecule has 70 valence electrons. The third-order valence-electron chi connectivity index (χ3n) is 1.46. The summed E-state index contributed by atoms with van der Waals surface area (Å²) in [5.41, 5.74) is 5.07. The Balaban J connectivity index is 0.000000396. The van der Waals surface area contributed by atoms with Crippen molar-refractivity contribution >= 4 is 12.1 Å². The summed E-state index contributed by atoms with van der Waals surface area (Å²) in [5, 5.41) is 0. The second-order valence-corrected chi connectivity index (χ2v) is 2.36. The second-order valence-electron chi connectivity index (χ2n) is 2.36. The molecule has 3 heteroatoms. The quantitative estimate of drug-likeness (QED) is 0.561. The van der Waals surface area contributed by atoms with Crippen molar-refractivity contribution in [3.63, 3.8) is 0 Å². The number of rotatable bonds is 0. The number of hydrogen-bond donors (Lipinski definition) is 0. The number of fused-ring (bicyclic) bond motifs is 1. The van der Waals surface area contributed by atoms with Crippen molar-refractivity contribution in [2.24, 2.45) is 0 Å². The van der Waals surface area contributed by atoms with Crippen LogP contribution in [0.15, 0.2) is 24.3 Å². The third-order valence-corrected chi connectivity index (χ3v) is 1.46. The molecule has 1 aromatic rings. The van der Waals surface area contributed by atoms with Gasteiger partial charge in [-0.05, 0) is 11.8 Å². The van der Waals surface area contributed by atoms with Gasteiger partial charge in [0.05, 0.1) is 0 Å². The van der Waals surface area contributed by atoms with Gasteiger partial charge in [0, 0.05) is 0 Å². The number of para-hydroxylation sites is 1. The zero-order valence-corrected chi connectivity index (χ0v) is 8.19. The normalized spacial score (nSPS) is 12.4. The van der Waals surface area contributed by atoms with Crippen molar-refractivity contribution in [2.75, 3.05) is 7.05 Å². The van der Waals surface area contributed by atoms with Crippen molar-refractivity contribution in [3.05, 3.63) is 29.7 Å². The van der Waals surface area contributed by atoms with E-state index in [0.29, 0.717) is 0 Å². The molecular formula is C10H14N2O. The van der Waals surface area contributed by atoms with Gasteiger partial charge in [-0.1, -0.05) is 32.0 Å². The minimum atomic E-state index is 0.811. The van der Waals surface area contributed by atoms with Gasteiger partial charge in [0.1, 0.15) is 12.8 Å². The molecule has 0 atom stereocenters. The summed E-state index contributed by atoms with van der Waals surface area (Å²) in [6, 6.07) is 7.67. The summed E-state index contributed by atoms with van der Waals surface area (Å²) < 4.78 is 6.88.